The van der Waals surface area contributed by atoms with Crippen molar-refractivity contribution in [3.05, 3.63) is 17.7 Å². The number of methoxy groups -OCH3 is 1. The van der Waals surface area contributed by atoms with Crippen LogP contribution in [0.1, 0.15) is 23.2 Å². The van der Waals surface area contributed by atoms with Crippen molar-refractivity contribution < 1.29 is 22.1 Å². The molecule has 1 aromatic rings. The van der Waals surface area contributed by atoms with Crippen LogP contribution in [-0.2, 0) is 10.1 Å². The summed E-state index contributed by atoms with van der Waals surface area (Å²) in [5, 5.41) is 0. The van der Waals surface area contributed by atoms with Crippen molar-refractivity contribution in [3.8, 4) is 11.5 Å². The van der Waals surface area contributed by atoms with E-state index >= 15 is 0 Å². The first-order chi connectivity index (χ1) is 10.4. The molecule has 1 aromatic carbocycles. The van der Waals surface area contributed by atoms with Gasteiger partial charge < -0.3 is 13.8 Å². The normalized spacial score (nSPS) is 20.4. The summed E-state index contributed by atoms with van der Waals surface area (Å²) < 4.78 is 32.7. The first kappa shape index (κ1) is 14.8. The van der Waals surface area contributed by atoms with Crippen molar-refractivity contribution in [2.75, 3.05) is 19.9 Å². The summed E-state index contributed by atoms with van der Waals surface area (Å²) >= 11 is 0. The second-order valence-corrected chi connectivity index (χ2v) is 6.87. The summed E-state index contributed by atoms with van der Waals surface area (Å²) in [5.41, 5.74) is 0.775. The van der Waals surface area contributed by atoms with Crippen LogP contribution in [0.25, 0.3) is 0 Å². The van der Waals surface area contributed by atoms with Crippen LogP contribution >= 0.6 is 0 Å². The monoisotopic (exact) mass is 324 g/mol. The third kappa shape index (κ3) is 2.66. The summed E-state index contributed by atoms with van der Waals surface area (Å²) in [6.45, 7) is 0.693. The molecule has 2 aliphatic rings. The van der Waals surface area contributed by atoms with Crippen LogP contribution in [0, 0.1) is 0 Å². The zero-order valence-corrected chi connectivity index (χ0v) is 13.1. The maximum atomic E-state index is 12.6. The van der Waals surface area contributed by atoms with E-state index in [0.717, 1.165) is 19.1 Å². The third-order valence-electron chi connectivity index (χ3n) is 3.70. The van der Waals surface area contributed by atoms with Gasteiger partial charge in [0.15, 0.2) is 11.5 Å². The van der Waals surface area contributed by atoms with Gasteiger partial charge in [-0.3, -0.25) is 9.79 Å². The van der Waals surface area contributed by atoms with Gasteiger partial charge in [0.2, 0.25) is 0 Å². The second-order valence-electron chi connectivity index (χ2n) is 5.29. The molecule has 8 heteroatoms. The van der Waals surface area contributed by atoms with Crippen LogP contribution < -0.4 is 8.92 Å². The average Bonchev–Trinajstić information content (AvgIpc) is 2.86. The van der Waals surface area contributed by atoms with E-state index in [0.29, 0.717) is 17.8 Å². The Morgan fingerprint density at radius 2 is 2.09 bits per heavy atom. The Kier molecular flexibility index (Phi) is 3.56. The molecule has 0 unspecified atom stereocenters. The number of nitrogens with zero attached hydrogens (tertiary/aromatic N) is 2. The Balaban J connectivity index is 2.10. The summed E-state index contributed by atoms with van der Waals surface area (Å²) in [7, 11) is -2.31. The molecule has 3 rings (SSSR count). The summed E-state index contributed by atoms with van der Waals surface area (Å²) in [5.74, 6) is 0.0836. The lowest BCUT2D eigenvalue weighted by molar-refractivity contribution is 0.0774. The second kappa shape index (κ2) is 5.28. The zero-order valence-electron chi connectivity index (χ0n) is 12.3. The number of fused-ring (bicyclic) bond motifs is 2. The Morgan fingerprint density at radius 3 is 2.77 bits per heavy atom. The predicted octanol–water partition coefficient (Wildman–Crippen LogP) is 1.35. The zero-order chi connectivity index (χ0) is 15.9. The van der Waals surface area contributed by atoms with Crippen molar-refractivity contribution in [1.29, 1.82) is 0 Å². The molecule has 1 fully saturated rings. The predicted molar refractivity (Wildman–Crippen MR) is 80.7 cm³/mol. The van der Waals surface area contributed by atoms with Gasteiger partial charge in [-0.25, -0.2) is 0 Å². The minimum atomic E-state index is -3.70. The highest BCUT2D eigenvalue weighted by Crippen LogP contribution is 2.38. The largest absolute Gasteiger partial charge is 0.493 e. The highest BCUT2D eigenvalue weighted by atomic mass is 32.2. The fourth-order valence-electron chi connectivity index (χ4n) is 2.74. The maximum absolute atomic E-state index is 12.6. The number of carbonyl (C=O) groups excluding carboxylic acids is 1. The van der Waals surface area contributed by atoms with Crippen LogP contribution in [0.2, 0.25) is 0 Å². The van der Waals surface area contributed by atoms with Gasteiger partial charge in [0.05, 0.1) is 30.7 Å². The molecule has 1 amide bonds. The molecule has 2 heterocycles. The molecule has 0 bridgehead atoms. The van der Waals surface area contributed by atoms with E-state index in [-0.39, 0.29) is 23.4 Å². The molecule has 2 aliphatic heterocycles. The third-order valence-corrected chi connectivity index (χ3v) is 4.18. The van der Waals surface area contributed by atoms with Gasteiger partial charge in [0, 0.05) is 18.8 Å². The fourth-order valence-corrected chi connectivity index (χ4v) is 3.19. The van der Waals surface area contributed by atoms with Gasteiger partial charge in [0.25, 0.3) is 5.91 Å². The van der Waals surface area contributed by atoms with Gasteiger partial charge in [0.1, 0.15) is 0 Å². The number of hydrogen-bond donors (Lipinski definition) is 0. The van der Waals surface area contributed by atoms with Crippen LogP contribution in [-0.4, -0.2) is 51.4 Å². The molecule has 0 aromatic heterocycles. The van der Waals surface area contributed by atoms with E-state index < -0.39 is 10.1 Å². The smallest absolute Gasteiger partial charge is 0.306 e. The number of amides is 1. The minimum Gasteiger partial charge on any atom is -0.493 e. The first-order valence-corrected chi connectivity index (χ1v) is 8.67. The van der Waals surface area contributed by atoms with E-state index in [9.17, 15) is 13.2 Å². The van der Waals surface area contributed by atoms with E-state index in [1.807, 2.05) is 0 Å². The topological polar surface area (TPSA) is 85.3 Å². The van der Waals surface area contributed by atoms with Crippen LogP contribution in [0.5, 0.6) is 11.5 Å². The number of hydrogen-bond acceptors (Lipinski definition) is 6. The molecular weight excluding hydrogens is 308 g/mol. The summed E-state index contributed by atoms with van der Waals surface area (Å²) in [6.07, 6.45) is 4.51. The minimum absolute atomic E-state index is 0.00910. The lowest BCUT2D eigenvalue weighted by Gasteiger charge is -2.20. The first-order valence-electron chi connectivity index (χ1n) is 6.85. The lowest BCUT2D eigenvalue weighted by atomic mass is 10.1. The summed E-state index contributed by atoms with van der Waals surface area (Å²) in [4.78, 5) is 18.7. The standard InChI is InChI=1S/C14H16N2O5S/c1-20-12-6-10-11(7-13(12)21-22(2,18)19)15-8-9-4-3-5-16(9)14(10)17/h6-9H,3-5H2,1-2H3/t9-/m0/s1. The molecule has 1 saturated heterocycles. The quantitative estimate of drug-likeness (QED) is 0.784. The number of rotatable bonds is 3. The Morgan fingerprint density at radius 1 is 1.32 bits per heavy atom. The van der Waals surface area contributed by atoms with E-state index in [1.54, 1.807) is 11.1 Å². The maximum Gasteiger partial charge on any atom is 0.306 e. The van der Waals surface area contributed by atoms with Crippen molar-refractivity contribution in [1.82, 2.24) is 4.90 Å². The summed E-state index contributed by atoms with van der Waals surface area (Å²) in [6, 6.07) is 2.90. The van der Waals surface area contributed by atoms with Crippen molar-refractivity contribution in [2.24, 2.45) is 4.99 Å². The number of ether oxygens (including phenoxy) is 1. The van der Waals surface area contributed by atoms with Gasteiger partial charge in [-0.15, -0.1) is 0 Å². The molecule has 0 spiro atoms. The van der Waals surface area contributed by atoms with Gasteiger partial charge in [-0.05, 0) is 18.9 Å². The van der Waals surface area contributed by atoms with E-state index in [2.05, 4.69) is 4.99 Å². The lowest BCUT2D eigenvalue weighted by Crippen LogP contribution is -2.35. The molecule has 0 saturated carbocycles. The van der Waals surface area contributed by atoms with E-state index in [4.69, 9.17) is 8.92 Å². The van der Waals surface area contributed by atoms with Gasteiger partial charge in [-0.1, -0.05) is 0 Å². The molecule has 22 heavy (non-hydrogen) atoms. The Hall–Kier alpha value is -2.09. The van der Waals surface area contributed by atoms with Crippen LogP contribution in [0.3, 0.4) is 0 Å². The van der Waals surface area contributed by atoms with Crippen LogP contribution in [0.15, 0.2) is 17.1 Å². The molecule has 7 nitrogen and oxygen atoms in total. The average molecular weight is 324 g/mol. The molecule has 0 radical (unpaired) electrons. The van der Waals surface area contributed by atoms with Crippen LogP contribution in [0.4, 0.5) is 5.69 Å². The molecule has 1 atom stereocenters. The van der Waals surface area contributed by atoms with Gasteiger partial charge >= 0.3 is 10.1 Å². The molecule has 0 N–H and O–H groups in total. The van der Waals surface area contributed by atoms with Crippen molar-refractivity contribution in [3.63, 3.8) is 0 Å². The number of benzene rings is 1. The SMILES string of the molecule is COc1cc2c(cc1OS(C)(=O)=O)N=C[C@@H]1CCCN1C2=O. The highest BCUT2D eigenvalue weighted by Gasteiger charge is 2.32. The number of carbonyl (C=O) groups is 1. The Bertz CT molecular complexity index is 757. The fraction of sp³-hybridized carbons (Fsp3) is 0.429. The molecule has 0 aliphatic carbocycles. The number of aliphatic imine (C=N–C) groups is 1. The highest BCUT2D eigenvalue weighted by molar-refractivity contribution is 7.86. The Labute approximate surface area is 128 Å². The van der Waals surface area contributed by atoms with Gasteiger partial charge in [-0.2, -0.15) is 8.42 Å². The molecular formula is C14H16N2O5S. The molecule has 118 valence electrons. The van der Waals surface area contributed by atoms with Crippen molar-refractivity contribution >= 4 is 27.9 Å². The van der Waals surface area contributed by atoms with Crippen molar-refractivity contribution in [2.45, 2.75) is 18.9 Å². The van der Waals surface area contributed by atoms with E-state index in [1.165, 1.54) is 19.2 Å².